The zero-order valence-electron chi connectivity index (χ0n) is 10.2. The fourth-order valence-corrected chi connectivity index (χ4v) is 2.54. The molecule has 0 bridgehead atoms. The van der Waals surface area contributed by atoms with Gasteiger partial charge < -0.3 is 4.90 Å². The first kappa shape index (κ1) is 11.4. The van der Waals surface area contributed by atoms with Crippen LogP contribution in [0.4, 0.5) is 0 Å². The average molecular weight is 215 g/mol. The van der Waals surface area contributed by atoms with Gasteiger partial charge >= 0.3 is 0 Å². The van der Waals surface area contributed by atoms with Crippen LogP contribution in [0.5, 0.6) is 0 Å². The number of nitrogens with zero attached hydrogens (tertiary/aromatic N) is 1. The summed E-state index contributed by atoms with van der Waals surface area (Å²) in [5.41, 5.74) is 2.72. The Balaban J connectivity index is 2.17. The molecule has 2 rings (SSSR count). The lowest BCUT2D eigenvalue weighted by Crippen LogP contribution is -2.22. The van der Waals surface area contributed by atoms with Crippen molar-refractivity contribution in [3.05, 3.63) is 42.0 Å². The quantitative estimate of drug-likeness (QED) is 0.729. The summed E-state index contributed by atoms with van der Waals surface area (Å²) >= 11 is 0. The lowest BCUT2D eigenvalue weighted by molar-refractivity contribution is 0.332. The van der Waals surface area contributed by atoms with Gasteiger partial charge in [0.2, 0.25) is 0 Å². The molecule has 1 aliphatic rings. The highest BCUT2D eigenvalue weighted by molar-refractivity contribution is 5.48. The number of hydrogen-bond donors (Lipinski definition) is 0. The largest absolute Gasteiger partial charge is 0.306 e. The predicted octanol–water partition coefficient (Wildman–Crippen LogP) is 3.53. The van der Waals surface area contributed by atoms with Gasteiger partial charge in [0.25, 0.3) is 0 Å². The molecule has 0 radical (unpaired) electrons. The van der Waals surface area contributed by atoms with E-state index in [-0.39, 0.29) is 0 Å². The van der Waals surface area contributed by atoms with Gasteiger partial charge in [-0.05, 0) is 43.5 Å². The van der Waals surface area contributed by atoms with Crippen molar-refractivity contribution in [3.8, 4) is 0 Å². The van der Waals surface area contributed by atoms with Crippen molar-refractivity contribution in [3.63, 3.8) is 0 Å². The predicted molar refractivity (Wildman–Crippen MR) is 70.6 cm³/mol. The van der Waals surface area contributed by atoms with Crippen molar-refractivity contribution >= 4 is 6.08 Å². The number of hydrogen-bond acceptors (Lipinski definition) is 1. The molecule has 0 spiro atoms. The average Bonchev–Trinajstić information content (AvgIpc) is 2.54. The topological polar surface area (TPSA) is 3.24 Å². The fourth-order valence-electron chi connectivity index (χ4n) is 2.54. The van der Waals surface area contributed by atoms with Gasteiger partial charge in [-0.15, -0.1) is 0 Å². The summed E-state index contributed by atoms with van der Waals surface area (Å²) in [4.78, 5) is 2.46. The van der Waals surface area contributed by atoms with E-state index in [1.54, 1.807) is 0 Å². The normalized spacial score (nSPS) is 22.7. The van der Waals surface area contributed by atoms with E-state index in [9.17, 15) is 0 Å². The monoisotopic (exact) mass is 215 g/mol. The standard InChI is InChI=1S/C15H21N/c1-3-13-7-6-9-14(11-13)15-8-4-5-10-16(2)12-15/h3,6-7,9,11,15H,1,4-5,8,10,12H2,2H3. The van der Waals surface area contributed by atoms with Crippen LogP contribution in [0.25, 0.3) is 6.08 Å². The minimum Gasteiger partial charge on any atom is -0.306 e. The molecule has 1 aliphatic heterocycles. The first-order valence-corrected chi connectivity index (χ1v) is 6.20. The van der Waals surface area contributed by atoms with E-state index in [4.69, 9.17) is 0 Å². The van der Waals surface area contributed by atoms with E-state index < -0.39 is 0 Å². The van der Waals surface area contributed by atoms with Crippen LogP contribution in [-0.4, -0.2) is 25.0 Å². The SMILES string of the molecule is C=Cc1cccc(C2CCCCN(C)C2)c1. The molecular weight excluding hydrogens is 194 g/mol. The summed E-state index contributed by atoms with van der Waals surface area (Å²) in [6.07, 6.45) is 5.95. The van der Waals surface area contributed by atoms with Crippen molar-refractivity contribution < 1.29 is 0 Å². The van der Waals surface area contributed by atoms with Crippen molar-refractivity contribution in [1.82, 2.24) is 4.90 Å². The minimum atomic E-state index is 0.701. The summed E-state index contributed by atoms with van der Waals surface area (Å²) in [7, 11) is 2.23. The summed E-state index contributed by atoms with van der Waals surface area (Å²) in [6, 6.07) is 8.82. The van der Waals surface area contributed by atoms with E-state index >= 15 is 0 Å². The molecule has 1 heteroatoms. The molecule has 1 aromatic rings. The van der Waals surface area contributed by atoms with E-state index in [0.717, 1.165) is 0 Å². The highest BCUT2D eigenvalue weighted by Gasteiger charge is 2.17. The summed E-state index contributed by atoms with van der Waals surface area (Å²) in [5.74, 6) is 0.701. The lowest BCUT2D eigenvalue weighted by atomic mass is 9.93. The Hall–Kier alpha value is -1.08. The maximum atomic E-state index is 3.84. The highest BCUT2D eigenvalue weighted by Crippen LogP contribution is 2.26. The van der Waals surface area contributed by atoms with Gasteiger partial charge in [-0.3, -0.25) is 0 Å². The third-order valence-electron chi connectivity index (χ3n) is 3.49. The first-order valence-electron chi connectivity index (χ1n) is 6.20. The van der Waals surface area contributed by atoms with Gasteiger partial charge in [0, 0.05) is 6.54 Å². The van der Waals surface area contributed by atoms with Gasteiger partial charge in [0.05, 0.1) is 0 Å². The second-order valence-electron chi connectivity index (χ2n) is 4.83. The van der Waals surface area contributed by atoms with Crippen LogP contribution >= 0.6 is 0 Å². The lowest BCUT2D eigenvalue weighted by Gasteiger charge is -2.20. The van der Waals surface area contributed by atoms with Gasteiger partial charge in [-0.25, -0.2) is 0 Å². The Labute approximate surface area is 98.8 Å². The molecule has 0 N–H and O–H groups in total. The second-order valence-corrected chi connectivity index (χ2v) is 4.83. The molecule has 1 atom stereocenters. The fraction of sp³-hybridized carbons (Fsp3) is 0.467. The molecule has 1 aromatic carbocycles. The van der Waals surface area contributed by atoms with Crippen LogP contribution in [0.3, 0.4) is 0 Å². The van der Waals surface area contributed by atoms with Crippen LogP contribution in [0.15, 0.2) is 30.8 Å². The minimum absolute atomic E-state index is 0.701. The van der Waals surface area contributed by atoms with Crippen LogP contribution in [-0.2, 0) is 0 Å². The van der Waals surface area contributed by atoms with Gasteiger partial charge in [0.1, 0.15) is 0 Å². The Morgan fingerprint density at radius 2 is 2.25 bits per heavy atom. The maximum Gasteiger partial charge on any atom is 0.00472 e. The highest BCUT2D eigenvalue weighted by atomic mass is 15.1. The molecule has 86 valence electrons. The smallest absolute Gasteiger partial charge is 0.00472 e. The Bertz CT molecular complexity index is 356. The van der Waals surface area contributed by atoms with E-state index in [2.05, 4.69) is 42.8 Å². The third kappa shape index (κ3) is 2.73. The van der Waals surface area contributed by atoms with E-state index in [1.807, 2.05) is 6.08 Å². The van der Waals surface area contributed by atoms with E-state index in [0.29, 0.717) is 5.92 Å². The molecule has 1 unspecified atom stereocenters. The molecule has 1 fully saturated rings. The zero-order valence-corrected chi connectivity index (χ0v) is 10.2. The number of benzene rings is 1. The molecule has 0 aromatic heterocycles. The zero-order chi connectivity index (χ0) is 11.4. The van der Waals surface area contributed by atoms with E-state index in [1.165, 1.54) is 43.5 Å². The Morgan fingerprint density at radius 3 is 3.06 bits per heavy atom. The first-order chi connectivity index (χ1) is 7.79. The van der Waals surface area contributed by atoms with Gasteiger partial charge in [0.15, 0.2) is 0 Å². The summed E-state index contributed by atoms with van der Waals surface area (Å²) < 4.78 is 0. The van der Waals surface area contributed by atoms with Crippen LogP contribution < -0.4 is 0 Å². The molecule has 1 heterocycles. The maximum absolute atomic E-state index is 3.84. The Kier molecular flexibility index (Phi) is 3.79. The van der Waals surface area contributed by atoms with Crippen molar-refractivity contribution in [2.24, 2.45) is 0 Å². The van der Waals surface area contributed by atoms with Crippen molar-refractivity contribution in [1.29, 1.82) is 0 Å². The third-order valence-corrected chi connectivity index (χ3v) is 3.49. The van der Waals surface area contributed by atoms with Crippen LogP contribution in [0.1, 0.15) is 36.3 Å². The van der Waals surface area contributed by atoms with Crippen LogP contribution in [0.2, 0.25) is 0 Å². The molecule has 0 amide bonds. The van der Waals surface area contributed by atoms with Crippen molar-refractivity contribution in [2.75, 3.05) is 20.1 Å². The number of likely N-dealkylation sites (N-methyl/N-ethyl adjacent to an activating group) is 1. The molecule has 1 nitrogen and oxygen atoms in total. The molecule has 1 saturated heterocycles. The number of rotatable bonds is 2. The molecule has 16 heavy (non-hydrogen) atoms. The summed E-state index contributed by atoms with van der Waals surface area (Å²) in [6.45, 7) is 6.28. The molecular formula is C15H21N. The number of likely N-dealkylation sites (tertiary alicyclic amines) is 1. The van der Waals surface area contributed by atoms with Gasteiger partial charge in [-0.2, -0.15) is 0 Å². The second kappa shape index (κ2) is 5.31. The van der Waals surface area contributed by atoms with Crippen LogP contribution in [0, 0.1) is 0 Å². The molecule has 0 aliphatic carbocycles. The van der Waals surface area contributed by atoms with Gasteiger partial charge in [-0.1, -0.05) is 43.3 Å². The molecule has 0 saturated carbocycles. The summed E-state index contributed by atoms with van der Waals surface area (Å²) in [5, 5.41) is 0. The van der Waals surface area contributed by atoms with Crippen molar-refractivity contribution in [2.45, 2.75) is 25.2 Å². The Morgan fingerprint density at radius 1 is 1.38 bits per heavy atom.